The predicted molar refractivity (Wildman–Crippen MR) is 121 cm³/mol. The van der Waals surface area contributed by atoms with Crippen LogP contribution in [0, 0.1) is 0 Å². The second kappa shape index (κ2) is 12.5. The minimum Gasteiger partial charge on any atom is -0.493 e. The standard InChI is InChI=1S/C22H26N2O5S/c1-4-28-13-14-29-18-8-6-5-7-17(18)23-22(30)24-21(25)12-10-16-9-11-19(26-2)20(15-16)27-3/h5-12,15H,4,13-14H2,1-3H3,(H2,23,24,25,30)/b12-10+. The molecule has 7 nitrogen and oxygen atoms in total. The van der Waals surface area contributed by atoms with Crippen molar-refractivity contribution < 1.29 is 23.7 Å². The lowest BCUT2D eigenvalue weighted by atomic mass is 10.2. The summed E-state index contributed by atoms with van der Waals surface area (Å²) in [6.45, 7) is 3.47. The summed E-state index contributed by atoms with van der Waals surface area (Å²) in [6.07, 6.45) is 3.05. The molecule has 2 rings (SSSR count). The normalized spacial score (nSPS) is 10.5. The minimum atomic E-state index is -0.364. The van der Waals surface area contributed by atoms with Gasteiger partial charge in [0.1, 0.15) is 12.4 Å². The van der Waals surface area contributed by atoms with Crippen molar-refractivity contribution in [2.75, 3.05) is 39.4 Å². The summed E-state index contributed by atoms with van der Waals surface area (Å²) in [6, 6.07) is 12.7. The Morgan fingerprint density at radius 1 is 1.03 bits per heavy atom. The fourth-order valence-electron chi connectivity index (χ4n) is 2.49. The van der Waals surface area contributed by atoms with Gasteiger partial charge in [-0.2, -0.15) is 0 Å². The monoisotopic (exact) mass is 430 g/mol. The van der Waals surface area contributed by atoms with E-state index in [1.54, 1.807) is 32.4 Å². The Bertz CT molecular complexity index is 886. The summed E-state index contributed by atoms with van der Waals surface area (Å²) < 4.78 is 21.4. The summed E-state index contributed by atoms with van der Waals surface area (Å²) in [7, 11) is 3.12. The van der Waals surface area contributed by atoms with Gasteiger partial charge in [0.25, 0.3) is 0 Å². The van der Waals surface area contributed by atoms with Crippen molar-refractivity contribution in [3.8, 4) is 17.2 Å². The average Bonchev–Trinajstić information content (AvgIpc) is 2.76. The van der Waals surface area contributed by atoms with E-state index in [1.807, 2.05) is 37.3 Å². The van der Waals surface area contributed by atoms with Crippen LogP contribution in [0.5, 0.6) is 17.2 Å². The highest BCUT2D eigenvalue weighted by Gasteiger charge is 2.07. The lowest BCUT2D eigenvalue weighted by Crippen LogP contribution is -2.33. The molecule has 0 unspecified atom stereocenters. The number of carbonyl (C=O) groups excluding carboxylic acids is 1. The van der Waals surface area contributed by atoms with Gasteiger partial charge in [0.05, 0.1) is 26.5 Å². The molecule has 0 radical (unpaired) electrons. The van der Waals surface area contributed by atoms with E-state index in [0.717, 1.165) is 5.56 Å². The summed E-state index contributed by atoms with van der Waals surface area (Å²) in [5, 5.41) is 5.75. The second-order valence-corrected chi connectivity index (χ2v) is 6.34. The predicted octanol–water partition coefficient (Wildman–Crippen LogP) is 3.65. The van der Waals surface area contributed by atoms with Crippen LogP contribution in [0.2, 0.25) is 0 Å². The first-order valence-electron chi connectivity index (χ1n) is 9.39. The number of hydrogen-bond acceptors (Lipinski definition) is 6. The number of amides is 1. The van der Waals surface area contributed by atoms with Crippen LogP contribution >= 0.6 is 12.2 Å². The first kappa shape index (κ1) is 23.2. The van der Waals surface area contributed by atoms with Crippen LogP contribution in [-0.4, -0.2) is 45.1 Å². The number of hydrogen-bond donors (Lipinski definition) is 2. The van der Waals surface area contributed by atoms with Gasteiger partial charge in [-0.3, -0.25) is 10.1 Å². The first-order valence-corrected chi connectivity index (χ1v) is 9.79. The van der Waals surface area contributed by atoms with Crippen LogP contribution in [0.3, 0.4) is 0 Å². The SMILES string of the molecule is CCOCCOc1ccccc1NC(=S)NC(=O)/C=C/c1ccc(OC)c(OC)c1. The van der Waals surface area contributed by atoms with Crippen molar-refractivity contribution in [2.45, 2.75) is 6.92 Å². The van der Waals surface area contributed by atoms with Crippen molar-refractivity contribution in [3.63, 3.8) is 0 Å². The molecule has 2 aromatic carbocycles. The molecule has 0 aliphatic rings. The van der Waals surface area contributed by atoms with Crippen molar-refractivity contribution in [2.24, 2.45) is 0 Å². The molecule has 0 heterocycles. The molecular weight excluding hydrogens is 404 g/mol. The molecule has 2 N–H and O–H groups in total. The molecule has 0 saturated carbocycles. The summed E-state index contributed by atoms with van der Waals surface area (Å²) in [5.74, 6) is 1.46. The molecule has 0 spiro atoms. The maximum absolute atomic E-state index is 12.2. The zero-order valence-corrected chi connectivity index (χ0v) is 18.1. The van der Waals surface area contributed by atoms with Crippen LogP contribution in [0.15, 0.2) is 48.5 Å². The van der Waals surface area contributed by atoms with Crippen molar-refractivity contribution >= 4 is 35.0 Å². The number of para-hydroxylation sites is 2. The maximum atomic E-state index is 12.2. The van der Waals surface area contributed by atoms with Gasteiger partial charge >= 0.3 is 0 Å². The lowest BCUT2D eigenvalue weighted by Gasteiger charge is -2.13. The Morgan fingerprint density at radius 3 is 2.53 bits per heavy atom. The Kier molecular flexibility index (Phi) is 9.63. The summed E-state index contributed by atoms with van der Waals surface area (Å²) in [5.41, 5.74) is 1.44. The molecule has 8 heteroatoms. The molecule has 1 amide bonds. The van der Waals surface area contributed by atoms with Gasteiger partial charge in [-0.25, -0.2) is 0 Å². The molecule has 0 aromatic heterocycles. The van der Waals surface area contributed by atoms with Crippen LogP contribution in [0.25, 0.3) is 6.08 Å². The molecule has 0 aliphatic heterocycles. The van der Waals surface area contributed by atoms with Gasteiger partial charge in [0.15, 0.2) is 16.6 Å². The number of benzene rings is 2. The third-order valence-electron chi connectivity index (χ3n) is 3.90. The molecule has 0 fully saturated rings. The number of rotatable bonds is 10. The number of carbonyl (C=O) groups is 1. The zero-order valence-electron chi connectivity index (χ0n) is 17.3. The Labute approximate surface area is 182 Å². The molecule has 30 heavy (non-hydrogen) atoms. The van der Waals surface area contributed by atoms with Crippen LogP contribution in [0.1, 0.15) is 12.5 Å². The highest BCUT2D eigenvalue weighted by Crippen LogP contribution is 2.28. The van der Waals surface area contributed by atoms with Gasteiger partial charge < -0.3 is 24.3 Å². The fourth-order valence-corrected chi connectivity index (χ4v) is 2.70. The molecular formula is C22H26N2O5S. The second-order valence-electron chi connectivity index (χ2n) is 5.93. The Hall–Kier alpha value is -3.10. The van der Waals surface area contributed by atoms with E-state index in [2.05, 4.69) is 10.6 Å². The third-order valence-corrected chi connectivity index (χ3v) is 4.10. The highest BCUT2D eigenvalue weighted by molar-refractivity contribution is 7.80. The highest BCUT2D eigenvalue weighted by atomic mass is 32.1. The van der Waals surface area contributed by atoms with E-state index >= 15 is 0 Å². The van der Waals surface area contributed by atoms with Gasteiger partial charge in [-0.15, -0.1) is 0 Å². The van der Waals surface area contributed by atoms with E-state index in [1.165, 1.54) is 6.08 Å². The molecule has 0 aliphatic carbocycles. The number of anilines is 1. The third kappa shape index (κ3) is 7.38. The largest absolute Gasteiger partial charge is 0.493 e. The van der Waals surface area contributed by atoms with E-state index in [0.29, 0.717) is 42.8 Å². The zero-order chi connectivity index (χ0) is 21.8. The quantitative estimate of drug-likeness (QED) is 0.338. The number of ether oxygens (including phenoxy) is 4. The fraction of sp³-hybridized carbons (Fsp3) is 0.273. The number of nitrogens with one attached hydrogen (secondary N) is 2. The first-order chi connectivity index (χ1) is 14.6. The van der Waals surface area contributed by atoms with Gasteiger partial charge in [-0.1, -0.05) is 18.2 Å². The van der Waals surface area contributed by atoms with Gasteiger partial charge in [-0.05, 0) is 55.0 Å². The van der Waals surface area contributed by atoms with Gasteiger partial charge in [0, 0.05) is 12.7 Å². The van der Waals surface area contributed by atoms with Gasteiger partial charge in [0.2, 0.25) is 5.91 Å². The minimum absolute atomic E-state index is 0.165. The maximum Gasteiger partial charge on any atom is 0.250 e. The van der Waals surface area contributed by atoms with E-state index in [9.17, 15) is 4.79 Å². The average molecular weight is 431 g/mol. The summed E-state index contributed by atoms with van der Waals surface area (Å²) >= 11 is 5.24. The molecule has 2 aromatic rings. The lowest BCUT2D eigenvalue weighted by molar-refractivity contribution is -0.115. The Morgan fingerprint density at radius 2 is 1.80 bits per heavy atom. The van der Waals surface area contributed by atoms with Crippen molar-refractivity contribution in [1.29, 1.82) is 0 Å². The molecule has 160 valence electrons. The smallest absolute Gasteiger partial charge is 0.250 e. The van der Waals surface area contributed by atoms with E-state index in [-0.39, 0.29) is 11.0 Å². The molecule has 0 atom stereocenters. The van der Waals surface area contributed by atoms with E-state index < -0.39 is 0 Å². The number of methoxy groups -OCH3 is 2. The van der Waals surface area contributed by atoms with E-state index in [4.69, 9.17) is 31.2 Å². The number of thiocarbonyl (C=S) groups is 1. The Balaban J connectivity index is 1.92. The van der Waals surface area contributed by atoms with Crippen molar-refractivity contribution in [1.82, 2.24) is 5.32 Å². The van der Waals surface area contributed by atoms with Crippen molar-refractivity contribution in [3.05, 3.63) is 54.1 Å². The van der Waals surface area contributed by atoms with Crippen LogP contribution < -0.4 is 24.8 Å². The van der Waals surface area contributed by atoms with Crippen LogP contribution in [-0.2, 0) is 9.53 Å². The molecule has 0 saturated heterocycles. The molecule has 0 bridgehead atoms. The summed E-state index contributed by atoms with van der Waals surface area (Å²) in [4.78, 5) is 12.2. The van der Waals surface area contributed by atoms with Crippen LogP contribution in [0.4, 0.5) is 5.69 Å². The topological polar surface area (TPSA) is 78.1 Å².